The van der Waals surface area contributed by atoms with Gasteiger partial charge in [0.1, 0.15) is 5.69 Å². The number of carbonyl (C=O) groups excluding carboxylic acids is 1. The van der Waals surface area contributed by atoms with E-state index < -0.39 is 33.8 Å². The van der Waals surface area contributed by atoms with Gasteiger partial charge < -0.3 is 30.3 Å². The van der Waals surface area contributed by atoms with Crippen molar-refractivity contribution in [3.63, 3.8) is 0 Å². The monoisotopic (exact) mass is 570 g/mol. The Morgan fingerprint density at radius 2 is 1.82 bits per heavy atom. The van der Waals surface area contributed by atoms with Gasteiger partial charge in [0.25, 0.3) is 5.91 Å². The van der Waals surface area contributed by atoms with E-state index in [1.807, 2.05) is 37.7 Å². The fraction of sp³-hybridized carbons (Fsp3) is 0.500. The second kappa shape index (κ2) is 10.6. The number of benzene rings is 1. The number of hydrogen-bond donors (Lipinski definition) is 5. The lowest BCUT2D eigenvalue weighted by Gasteiger charge is -2.35. The third-order valence-electron chi connectivity index (χ3n) is 7.94. The van der Waals surface area contributed by atoms with Crippen molar-refractivity contribution in [2.24, 2.45) is 12.5 Å². The number of pyridine rings is 1. The number of fused-ring (bicyclic) bond motifs is 1. The number of aliphatic hydroxyl groups is 2. The summed E-state index contributed by atoms with van der Waals surface area (Å²) in [6.45, 7) is 4.73. The van der Waals surface area contributed by atoms with Gasteiger partial charge in [-0.2, -0.15) is 0 Å². The fourth-order valence-electron chi connectivity index (χ4n) is 5.28. The summed E-state index contributed by atoms with van der Waals surface area (Å²) in [5.74, 6) is -0.306. The van der Waals surface area contributed by atoms with Crippen molar-refractivity contribution in [3.8, 4) is 0 Å². The number of piperidine rings is 1. The quantitative estimate of drug-likeness (QED) is 0.250. The van der Waals surface area contributed by atoms with Gasteiger partial charge in [-0.1, -0.05) is 0 Å². The van der Waals surface area contributed by atoms with E-state index in [0.29, 0.717) is 22.6 Å². The molecule has 0 bridgehead atoms. The fourth-order valence-corrected chi connectivity index (χ4v) is 6.11. The van der Waals surface area contributed by atoms with Gasteiger partial charge in [0.05, 0.1) is 47.1 Å². The number of amides is 1. The van der Waals surface area contributed by atoms with Crippen molar-refractivity contribution in [1.29, 1.82) is 0 Å². The second-order valence-corrected chi connectivity index (χ2v) is 13.5. The van der Waals surface area contributed by atoms with E-state index in [-0.39, 0.29) is 12.3 Å². The molecule has 2 aromatic heterocycles. The highest BCUT2D eigenvalue weighted by Crippen LogP contribution is 2.54. The van der Waals surface area contributed by atoms with Crippen molar-refractivity contribution in [3.05, 3.63) is 42.2 Å². The Morgan fingerprint density at radius 1 is 1.10 bits per heavy atom. The average Bonchev–Trinajstić information content (AvgIpc) is 3.55. The van der Waals surface area contributed by atoms with Gasteiger partial charge in [0, 0.05) is 31.7 Å². The first-order valence-electron chi connectivity index (χ1n) is 13.6. The number of nitrogens with zero attached hydrogens (tertiary/aromatic N) is 3. The molecule has 0 unspecified atom stereocenters. The molecule has 3 aromatic rings. The van der Waals surface area contributed by atoms with Crippen molar-refractivity contribution >= 4 is 49.7 Å². The van der Waals surface area contributed by atoms with E-state index in [0.717, 1.165) is 42.5 Å². The predicted molar refractivity (Wildman–Crippen MR) is 158 cm³/mol. The van der Waals surface area contributed by atoms with Crippen molar-refractivity contribution in [2.75, 3.05) is 52.3 Å². The topological polar surface area (TPSA) is 149 Å². The van der Waals surface area contributed by atoms with Crippen LogP contribution in [0.5, 0.6) is 0 Å². The number of sulfonamides is 1. The normalized spacial score (nSPS) is 16.8. The van der Waals surface area contributed by atoms with E-state index in [9.17, 15) is 18.3 Å². The van der Waals surface area contributed by atoms with Crippen molar-refractivity contribution in [1.82, 2.24) is 9.55 Å². The van der Waals surface area contributed by atoms with E-state index in [1.54, 1.807) is 24.3 Å². The smallest absolute Gasteiger partial charge is 0.274 e. The largest absolute Gasteiger partial charge is 0.395 e. The zero-order valence-electron chi connectivity index (χ0n) is 23.2. The van der Waals surface area contributed by atoms with Crippen LogP contribution in [0.3, 0.4) is 0 Å². The molecule has 1 aliphatic heterocycles. The summed E-state index contributed by atoms with van der Waals surface area (Å²) in [4.78, 5) is 20.4. The van der Waals surface area contributed by atoms with Crippen LogP contribution in [0.2, 0.25) is 0 Å². The lowest BCUT2D eigenvalue weighted by molar-refractivity contribution is 0.102. The van der Waals surface area contributed by atoms with Gasteiger partial charge in [-0.25, -0.2) is 13.4 Å². The molecule has 3 heterocycles. The van der Waals surface area contributed by atoms with Crippen LogP contribution in [0.25, 0.3) is 10.9 Å². The molecule has 11 nitrogen and oxygen atoms in total. The average molecular weight is 571 g/mol. The lowest BCUT2D eigenvalue weighted by Crippen LogP contribution is -2.36. The molecule has 1 aliphatic carbocycles. The number of rotatable bonds is 10. The number of nitrogens with one attached hydrogen (secondary N) is 3. The van der Waals surface area contributed by atoms with E-state index in [1.165, 1.54) is 12.8 Å². The Bertz CT molecular complexity index is 1520. The number of anilines is 4. The standard InChI is InChI=1S/C28H38N6O5S/c1-27(2,18-36)31-25-24-19(6-11-33(24)3)16-22(29-25)26(37)30-21-5-4-20(32-40(38,39)15-14-35)17-23(21)34-12-9-28(7-8-28)10-13-34/h4-6,11,16-17,32,35-36H,7-10,12-15,18H2,1-3H3,(H,29,31)(H,30,37). The lowest BCUT2D eigenvalue weighted by atomic mass is 9.93. The molecule has 5 rings (SSSR count). The number of carbonyl (C=O) groups is 1. The molecule has 0 radical (unpaired) electrons. The van der Waals surface area contributed by atoms with Gasteiger partial charge >= 0.3 is 0 Å². The highest BCUT2D eigenvalue weighted by Gasteiger charge is 2.44. The summed E-state index contributed by atoms with van der Waals surface area (Å²) in [7, 11) is -1.81. The first kappa shape index (κ1) is 28.2. The van der Waals surface area contributed by atoms with Crippen LogP contribution in [0.15, 0.2) is 36.5 Å². The van der Waals surface area contributed by atoms with Crippen LogP contribution >= 0.6 is 0 Å². The summed E-state index contributed by atoms with van der Waals surface area (Å²) < 4.78 is 29.0. The maximum atomic E-state index is 13.6. The maximum absolute atomic E-state index is 13.6. The SMILES string of the molecule is Cn1ccc2cc(C(=O)Nc3ccc(NS(=O)(=O)CCO)cc3N3CCC4(CC3)CC4)nc(NC(C)(C)CO)c21. The number of hydrogen-bond acceptors (Lipinski definition) is 8. The van der Waals surface area contributed by atoms with E-state index in [2.05, 4.69) is 25.2 Å². The first-order valence-corrected chi connectivity index (χ1v) is 15.3. The highest BCUT2D eigenvalue weighted by atomic mass is 32.2. The summed E-state index contributed by atoms with van der Waals surface area (Å²) in [6, 6.07) is 8.67. The summed E-state index contributed by atoms with van der Waals surface area (Å²) in [5, 5.41) is 26.0. The Labute approximate surface area is 234 Å². The van der Waals surface area contributed by atoms with Gasteiger partial charge in [-0.15, -0.1) is 0 Å². The van der Waals surface area contributed by atoms with Gasteiger partial charge in [0.2, 0.25) is 10.0 Å². The van der Waals surface area contributed by atoms with Crippen LogP contribution in [-0.2, 0) is 17.1 Å². The predicted octanol–water partition coefficient (Wildman–Crippen LogP) is 3.12. The van der Waals surface area contributed by atoms with Crippen LogP contribution in [-0.4, -0.2) is 71.7 Å². The number of aryl methyl sites for hydroxylation is 1. The minimum atomic E-state index is -3.70. The molecule has 1 aromatic carbocycles. The molecular weight excluding hydrogens is 532 g/mol. The Balaban J connectivity index is 1.46. The minimum absolute atomic E-state index is 0.119. The molecule has 1 saturated heterocycles. The van der Waals surface area contributed by atoms with Crippen molar-refractivity contribution < 1.29 is 23.4 Å². The van der Waals surface area contributed by atoms with Crippen LogP contribution in [0, 0.1) is 5.41 Å². The molecular formula is C28H38N6O5S. The Kier molecular flexibility index (Phi) is 7.45. The molecule has 0 atom stereocenters. The summed E-state index contributed by atoms with van der Waals surface area (Å²) in [5.41, 5.74) is 2.48. The zero-order valence-corrected chi connectivity index (χ0v) is 24.0. The van der Waals surface area contributed by atoms with E-state index >= 15 is 0 Å². The molecule has 40 heavy (non-hydrogen) atoms. The number of aromatic nitrogens is 2. The molecule has 2 fully saturated rings. The van der Waals surface area contributed by atoms with Crippen LogP contribution < -0.4 is 20.3 Å². The third kappa shape index (κ3) is 6.03. The first-order chi connectivity index (χ1) is 18.9. The van der Waals surface area contributed by atoms with Gasteiger partial charge in [-0.3, -0.25) is 9.52 Å². The van der Waals surface area contributed by atoms with E-state index in [4.69, 9.17) is 5.11 Å². The third-order valence-corrected chi connectivity index (χ3v) is 9.21. The number of aliphatic hydroxyl groups excluding tert-OH is 2. The molecule has 1 spiro atoms. The minimum Gasteiger partial charge on any atom is -0.395 e. The molecule has 216 valence electrons. The highest BCUT2D eigenvalue weighted by molar-refractivity contribution is 7.92. The van der Waals surface area contributed by atoms with Crippen LogP contribution in [0.4, 0.5) is 22.9 Å². The van der Waals surface area contributed by atoms with Gasteiger partial charge in [-0.05, 0) is 75.3 Å². The summed E-state index contributed by atoms with van der Waals surface area (Å²) in [6.07, 6.45) is 6.51. The molecule has 12 heteroatoms. The Morgan fingerprint density at radius 3 is 2.48 bits per heavy atom. The van der Waals surface area contributed by atoms with Crippen LogP contribution in [0.1, 0.15) is 50.0 Å². The summed E-state index contributed by atoms with van der Waals surface area (Å²) >= 11 is 0. The van der Waals surface area contributed by atoms with Gasteiger partial charge in [0.15, 0.2) is 5.82 Å². The Hall–Kier alpha value is -3.35. The zero-order chi connectivity index (χ0) is 28.7. The maximum Gasteiger partial charge on any atom is 0.274 e. The molecule has 2 aliphatic rings. The molecule has 5 N–H and O–H groups in total. The molecule has 1 saturated carbocycles. The second-order valence-electron chi connectivity index (χ2n) is 11.7. The molecule has 1 amide bonds. The van der Waals surface area contributed by atoms with Crippen molar-refractivity contribution in [2.45, 2.75) is 45.1 Å².